The van der Waals surface area contributed by atoms with E-state index in [4.69, 9.17) is 4.74 Å². The van der Waals surface area contributed by atoms with Crippen LogP contribution < -0.4 is 10.1 Å². The second kappa shape index (κ2) is 7.80. The Morgan fingerprint density at radius 1 is 1.28 bits per heavy atom. The van der Waals surface area contributed by atoms with Crippen molar-refractivity contribution in [2.75, 3.05) is 13.1 Å². The van der Waals surface area contributed by atoms with Crippen LogP contribution >= 0.6 is 15.9 Å². The average molecular weight is 314 g/mol. The van der Waals surface area contributed by atoms with E-state index in [9.17, 15) is 0 Å². The standard InChI is InChI=1S/C15H24BrNO/c1-5-14(10-17-9-11(2)3)18-15-8-13(16)7-6-12(15)4/h6-8,11,14,17H,5,9-10H2,1-4H3. The number of nitrogens with one attached hydrogen (secondary N) is 1. The predicted molar refractivity (Wildman–Crippen MR) is 81.3 cm³/mol. The van der Waals surface area contributed by atoms with Crippen molar-refractivity contribution in [1.82, 2.24) is 5.32 Å². The molecule has 18 heavy (non-hydrogen) atoms. The second-order valence-electron chi connectivity index (χ2n) is 5.11. The minimum absolute atomic E-state index is 0.233. The Morgan fingerprint density at radius 2 is 2.00 bits per heavy atom. The highest BCUT2D eigenvalue weighted by Crippen LogP contribution is 2.24. The van der Waals surface area contributed by atoms with Crippen LogP contribution in [-0.2, 0) is 0 Å². The largest absolute Gasteiger partial charge is 0.489 e. The van der Waals surface area contributed by atoms with Gasteiger partial charge >= 0.3 is 0 Å². The van der Waals surface area contributed by atoms with Gasteiger partial charge < -0.3 is 10.1 Å². The molecule has 0 bridgehead atoms. The van der Waals surface area contributed by atoms with Crippen molar-refractivity contribution in [3.63, 3.8) is 0 Å². The third kappa shape index (κ3) is 5.40. The molecule has 1 unspecified atom stereocenters. The molecule has 1 N–H and O–H groups in total. The quantitative estimate of drug-likeness (QED) is 0.816. The van der Waals surface area contributed by atoms with Crippen LogP contribution in [0.25, 0.3) is 0 Å². The number of hydrogen-bond donors (Lipinski definition) is 1. The van der Waals surface area contributed by atoms with Gasteiger partial charge in [-0.05, 0) is 43.5 Å². The van der Waals surface area contributed by atoms with E-state index in [1.807, 2.05) is 12.1 Å². The van der Waals surface area contributed by atoms with E-state index in [0.29, 0.717) is 5.92 Å². The molecule has 1 rings (SSSR count). The zero-order valence-electron chi connectivity index (χ0n) is 11.8. The Morgan fingerprint density at radius 3 is 2.61 bits per heavy atom. The van der Waals surface area contributed by atoms with Crippen molar-refractivity contribution in [1.29, 1.82) is 0 Å². The van der Waals surface area contributed by atoms with Crippen molar-refractivity contribution in [3.05, 3.63) is 28.2 Å². The summed E-state index contributed by atoms with van der Waals surface area (Å²) in [5.41, 5.74) is 1.18. The topological polar surface area (TPSA) is 21.3 Å². The maximum absolute atomic E-state index is 6.06. The van der Waals surface area contributed by atoms with Gasteiger partial charge in [0.1, 0.15) is 11.9 Å². The number of halogens is 1. The van der Waals surface area contributed by atoms with Crippen molar-refractivity contribution < 1.29 is 4.74 Å². The number of benzene rings is 1. The van der Waals surface area contributed by atoms with Crippen LogP contribution in [0.15, 0.2) is 22.7 Å². The van der Waals surface area contributed by atoms with Gasteiger partial charge in [-0.15, -0.1) is 0 Å². The molecule has 102 valence electrons. The molecular formula is C15H24BrNO. The Balaban J connectivity index is 2.54. The van der Waals surface area contributed by atoms with E-state index >= 15 is 0 Å². The molecule has 1 atom stereocenters. The lowest BCUT2D eigenvalue weighted by atomic mass is 10.2. The molecule has 0 saturated heterocycles. The van der Waals surface area contributed by atoms with E-state index < -0.39 is 0 Å². The fourth-order valence-corrected chi connectivity index (χ4v) is 2.02. The van der Waals surface area contributed by atoms with Crippen LogP contribution in [0.4, 0.5) is 0 Å². The number of ether oxygens (including phenoxy) is 1. The number of aryl methyl sites for hydroxylation is 1. The SMILES string of the molecule is CCC(CNCC(C)C)Oc1cc(Br)ccc1C. The normalized spacial score (nSPS) is 12.8. The molecule has 0 aliphatic rings. The van der Waals surface area contributed by atoms with Crippen LogP contribution in [0.3, 0.4) is 0 Å². The number of hydrogen-bond acceptors (Lipinski definition) is 2. The van der Waals surface area contributed by atoms with Crippen LogP contribution in [0, 0.1) is 12.8 Å². The summed E-state index contributed by atoms with van der Waals surface area (Å²) in [6.07, 6.45) is 1.24. The van der Waals surface area contributed by atoms with E-state index in [0.717, 1.165) is 29.7 Å². The van der Waals surface area contributed by atoms with Crippen LogP contribution in [0.1, 0.15) is 32.8 Å². The lowest BCUT2D eigenvalue weighted by Crippen LogP contribution is -2.33. The zero-order valence-corrected chi connectivity index (χ0v) is 13.4. The lowest BCUT2D eigenvalue weighted by Gasteiger charge is -2.20. The molecule has 0 spiro atoms. The van der Waals surface area contributed by atoms with Crippen LogP contribution in [0.2, 0.25) is 0 Å². The summed E-state index contributed by atoms with van der Waals surface area (Å²) in [5.74, 6) is 1.65. The van der Waals surface area contributed by atoms with Crippen LogP contribution in [0.5, 0.6) is 5.75 Å². The van der Waals surface area contributed by atoms with Gasteiger partial charge in [0, 0.05) is 11.0 Å². The molecule has 0 aromatic heterocycles. The van der Waals surface area contributed by atoms with Gasteiger partial charge in [-0.2, -0.15) is 0 Å². The van der Waals surface area contributed by atoms with Gasteiger partial charge in [0.05, 0.1) is 0 Å². The maximum Gasteiger partial charge on any atom is 0.123 e. The van der Waals surface area contributed by atoms with E-state index in [1.165, 1.54) is 5.56 Å². The van der Waals surface area contributed by atoms with Gasteiger partial charge in [0.15, 0.2) is 0 Å². The molecule has 0 radical (unpaired) electrons. The first-order valence-electron chi connectivity index (χ1n) is 6.66. The second-order valence-corrected chi connectivity index (χ2v) is 6.03. The third-order valence-electron chi connectivity index (χ3n) is 2.82. The molecular weight excluding hydrogens is 290 g/mol. The fourth-order valence-electron chi connectivity index (χ4n) is 1.68. The smallest absolute Gasteiger partial charge is 0.123 e. The van der Waals surface area contributed by atoms with Crippen molar-refractivity contribution in [2.45, 2.75) is 40.2 Å². The van der Waals surface area contributed by atoms with Gasteiger partial charge in [-0.3, -0.25) is 0 Å². The van der Waals surface area contributed by atoms with Gasteiger partial charge in [-0.25, -0.2) is 0 Å². The first-order chi connectivity index (χ1) is 8.52. The maximum atomic E-state index is 6.06. The summed E-state index contributed by atoms with van der Waals surface area (Å²) < 4.78 is 7.13. The molecule has 1 aromatic carbocycles. The van der Waals surface area contributed by atoms with Crippen molar-refractivity contribution in [3.8, 4) is 5.75 Å². The molecule has 3 heteroatoms. The number of rotatable bonds is 7. The Bertz CT molecular complexity index is 366. The molecule has 0 amide bonds. The summed E-state index contributed by atoms with van der Waals surface area (Å²) in [6, 6.07) is 6.16. The predicted octanol–water partition coefficient (Wildman–Crippen LogP) is 4.16. The summed E-state index contributed by atoms with van der Waals surface area (Å²) in [4.78, 5) is 0. The minimum atomic E-state index is 0.233. The van der Waals surface area contributed by atoms with Gasteiger partial charge in [0.2, 0.25) is 0 Å². The molecule has 2 nitrogen and oxygen atoms in total. The van der Waals surface area contributed by atoms with Crippen LogP contribution in [-0.4, -0.2) is 19.2 Å². The monoisotopic (exact) mass is 313 g/mol. The third-order valence-corrected chi connectivity index (χ3v) is 3.32. The highest BCUT2D eigenvalue weighted by Gasteiger charge is 2.10. The molecule has 0 saturated carbocycles. The minimum Gasteiger partial charge on any atom is -0.489 e. The molecule has 1 aromatic rings. The summed E-state index contributed by atoms with van der Waals surface area (Å²) in [5, 5.41) is 3.45. The van der Waals surface area contributed by atoms with Gasteiger partial charge in [0.25, 0.3) is 0 Å². The van der Waals surface area contributed by atoms with Crippen molar-refractivity contribution in [2.24, 2.45) is 5.92 Å². The first-order valence-corrected chi connectivity index (χ1v) is 7.45. The lowest BCUT2D eigenvalue weighted by molar-refractivity contribution is 0.190. The van der Waals surface area contributed by atoms with Crippen molar-refractivity contribution >= 4 is 15.9 Å². The highest BCUT2D eigenvalue weighted by molar-refractivity contribution is 9.10. The van der Waals surface area contributed by atoms with Gasteiger partial charge in [-0.1, -0.05) is 42.8 Å². The Labute approximate surface area is 119 Å². The summed E-state index contributed by atoms with van der Waals surface area (Å²) >= 11 is 3.48. The summed E-state index contributed by atoms with van der Waals surface area (Å²) in [7, 11) is 0. The van der Waals surface area contributed by atoms with E-state index in [1.54, 1.807) is 0 Å². The molecule has 0 aliphatic heterocycles. The molecule has 0 heterocycles. The molecule has 0 fully saturated rings. The average Bonchev–Trinajstić information content (AvgIpc) is 2.32. The molecule has 0 aliphatic carbocycles. The Kier molecular flexibility index (Phi) is 6.72. The highest BCUT2D eigenvalue weighted by atomic mass is 79.9. The fraction of sp³-hybridized carbons (Fsp3) is 0.600. The van der Waals surface area contributed by atoms with E-state index in [2.05, 4.69) is 55.0 Å². The first kappa shape index (κ1) is 15.5. The Hall–Kier alpha value is -0.540. The summed E-state index contributed by atoms with van der Waals surface area (Å²) in [6.45, 7) is 10.6. The zero-order chi connectivity index (χ0) is 13.5. The van der Waals surface area contributed by atoms with E-state index in [-0.39, 0.29) is 6.10 Å².